The lowest BCUT2D eigenvalue weighted by Gasteiger charge is -2.27. The van der Waals surface area contributed by atoms with Crippen molar-refractivity contribution in [2.45, 2.75) is 35.7 Å². The highest BCUT2D eigenvalue weighted by Crippen LogP contribution is 2.38. The number of carbonyl (C=O) groups is 1. The molecule has 2 fully saturated rings. The van der Waals surface area contributed by atoms with E-state index in [0.717, 1.165) is 6.42 Å². The summed E-state index contributed by atoms with van der Waals surface area (Å²) in [5.41, 5.74) is 0. The molecule has 0 radical (unpaired) electrons. The first-order valence-electron chi connectivity index (χ1n) is 4.11. The number of esters is 1. The smallest absolute Gasteiger partial charge is 0.306 e. The van der Waals surface area contributed by atoms with Crippen molar-refractivity contribution in [3.8, 4) is 0 Å². The number of halogens is 1. The van der Waals surface area contributed by atoms with Gasteiger partial charge in [0.1, 0.15) is 6.10 Å². The number of ether oxygens (including phenoxy) is 1. The van der Waals surface area contributed by atoms with E-state index in [0.29, 0.717) is 16.3 Å². The Morgan fingerprint density at radius 2 is 2.27 bits per heavy atom. The topological polar surface area (TPSA) is 26.3 Å². The molecular weight excluding hydrogens is 255 g/mol. The summed E-state index contributed by atoms with van der Waals surface area (Å²) in [6, 6.07) is 0. The third-order valence-electron chi connectivity index (χ3n) is 2.60. The zero-order chi connectivity index (χ0) is 7.84. The van der Waals surface area contributed by atoms with Gasteiger partial charge in [-0.2, -0.15) is 0 Å². The molecule has 0 aromatic heterocycles. The molecule has 0 bridgehead atoms. The molecule has 2 aliphatic rings. The zero-order valence-electron chi connectivity index (χ0n) is 6.25. The van der Waals surface area contributed by atoms with E-state index in [1.807, 2.05) is 0 Å². The van der Waals surface area contributed by atoms with Crippen LogP contribution in [0.4, 0.5) is 0 Å². The predicted molar refractivity (Wildman–Crippen MR) is 49.6 cm³/mol. The Kier molecular flexibility index (Phi) is 2.08. The van der Waals surface area contributed by atoms with Gasteiger partial charge in [0.05, 0.1) is 6.42 Å². The van der Waals surface area contributed by atoms with Crippen LogP contribution in [-0.2, 0) is 9.53 Å². The second-order valence-corrected chi connectivity index (χ2v) is 4.94. The largest absolute Gasteiger partial charge is 0.462 e. The van der Waals surface area contributed by atoms with Gasteiger partial charge in [0.25, 0.3) is 0 Å². The summed E-state index contributed by atoms with van der Waals surface area (Å²) < 4.78 is 5.86. The summed E-state index contributed by atoms with van der Waals surface area (Å²) in [4.78, 5) is 10.9. The van der Waals surface area contributed by atoms with E-state index < -0.39 is 0 Å². The van der Waals surface area contributed by atoms with Crippen LogP contribution in [0, 0.1) is 5.92 Å². The highest BCUT2D eigenvalue weighted by molar-refractivity contribution is 14.1. The first-order valence-corrected chi connectivity index (χ1v) is 5.35. The fourth-order valence-corrected chi connectivity index (χ4v) is 3.15. The molecule has 1 aliphatic carbocycles. The summed E-state index contributed by atoms with van der Waals surface area (Å²) >= 11 is 2.45. The Labute approximate surface area is 79.8 Å². The third-order valence-corrected chi connectivity index (χ3v) is 4.14. The predicted octanol–water partition coefficient (Wildman–Crippen LogP) is 1.91. The maximum absolute atomic E-state index is 10.9. The minimum Gasteiger partial charge on any atom is -0.462 e. The molecule has 1 saturated carbocycles. The van der Waals surface area contributed by atoms with Crippen LogP contribution in [0.3, 0.4) is 0 Å². The summed E-state index contributed by atoms with van der Waals surface area (Å²) in [5, 5.41) is 0. The monoisotopic (exact) mass is 266 g/mol. The number of hydrogen-bond acceptors (Lipinski definition) is 2. The molecule has 1 aliphatic heterocycles. The highest BCUT2D eigenvalue weighted by Gasteiger charge is 2.40. The van der Waals surface area contributed by atoms with E-state index in [2.05, 4.69) is 22.6 Å². The Bertz CT molecular complexity index is 181. The van der Waals surface area contributed by atoms with Gasteiger partial charge in [0.2, 0.25) is 0 Å². The Morgan fingerprint density at radius 3 is 3.00 bits per heavy atom. The van der Waals surface area contributed by atoms with Gasteiger partial charge in [-0.3, -0.25) is 4.79 Å². The van der Waals surface area contributed by atoms with E-state index in [-0.39, 0.29) is 12.1 Å². The lowest BCUT2D eigenvalue weighted by atomic mass is 9.86. The minimum atomic E-state index is 0.0172. The zero-order valence-corrected chi connectivity index (χ0v) is 8.41. The fraction of sp³-hybridized carbons (Fsp3) is 0.875. The van der Waals surface area contributed by atoms with Gasteiger partial charge in [0.15, 0.2) is 0 Å². The Morgan fingerprint density at radius 1 is 1.45 bits per heavy atom. The molecule has 0 spiro atoms. The molecule has 0 aromatic carbocycles. The molecule has 0 aromatic rings. The van der Waals surface area contributed by atoms with E-state index >= 15 is 0 Å². The van der Waals surface area contributed by atoms with Crippen molar-refractivity contribution in [2.24, 2.45) is 5.92 Å². The molecule has 2 nitrogen and oxygen atoms in total. The SMILES string of the molecule is O=C1C[C@@H]2C(I)CCC[C@@H]2O1. The van der Waals surface area contributed by atoms with Gasteiger partial charge in [-0.15, -0.1) is 0 Å². The van der Waals surface area contributed by atoms with Crippen LogP contribution >= 0.6 is 22.6 Å². The highest BCUT2D eigenvalue weighted by atomic mass is 127. The van der Waals surface area contributed by atoms with Crippen molar-refractivity contribution in [1.29, 1.82) is 0 Å². The van der Waals surface area contributed by atoms with Crippen LogP contribution < -0.4 is 0 Å². The second kappa shape index (κ2) is 2.92. The van der Waals surface area contributed by atoms with Gasteiger partial charge in [-0.05, 0) is 19.3 Å². The first kappa shape index (κ1) is 7.83. The Hall–Kier alpha value is 0.200. The Balaban J connectivity index is 2.09. The number of alkyl halides is 1. The summed E-state index contributed by atoms with van der Waals surface area (Å²) in [6.07, 6.45) is 4.51. The lowest BCUT2D eigenvalue weighted by molar-refractivity contribution is -0.141. The van der Waals surface area contributed by atoms with Crippen molar-refractivity contribution in [1.82, 2.24) is 0 Å². The summed E-state index contributed by atoms with van der Waals surface area (Å²) in [7, 11) is 0. The summed E-state index contributed by atoms with van der Waals surface area (Å²) in [5.74, 6) is 0.542. The van der Waals surface area contributed by atoms with Crippen LogP contribution in [0.2, 0.25) is 0 Å². The van der Waals surface area contributed by atoms with Gasteiger partial charge in [-0.25, -0.2) is 0 Å². The number of carbonyl (C=O) groups excluding carboxylic acids is 1. The van der Waals surface area contributed by atoms with Crippen LogP contribution in [0.1, 0.15) is 25.7 Å². The quantitative estimate of drug-likeness (QED) is 0.380. The van der Waals surface area contributed by atoms with Gasteiger partial charge >= 0.3 is 5.97 Å². The standard InChI is InChI=1S/C8H11IO2/c9-6-2-1-3-7-5(6)4-8(10)11-7/h5-7H,1-4H2/t5-,6?,7+/m1/s1. The van der Waals surface area contributed by atoms with E-state index in [1.54, 1.807) is 0 Å². The molecular formula is C8H11IO2. The average Bonchev–Trinajstić information content (AvgIpc) is 2.31. The minimum absolute atomic E-state index is 0.0172. The first-order chi connectivity index (χ1) is 5.27. The molecule has 2 rings (SSSR count). The maximum atomic E-state index is 10.9. The summed E-state index contributed by atoms with van der Waals surface area (Å²) in [6.45, 7) is 0. The van der Waals surface area contributed by atoms with Crippen molar-refractivity contribution in [3.05, 3.63) is 0 Å². The molecule has 0 N–H and O–H groups in total. The van der Waals surface area contributed by atoms with Crippen LogP contribution in [-0.4, -0.2) is 16.0 Å². The van der Waals surface area contributed by atoms with Crippen molar-refractivity contribution >= 4 is 28.6 Å². The molecule has 0 amide bonds. The van der Waals surface area contributed by atoms with E-state index in [4.69, 9.17) is 4.74 Å². The average molecular weight is 266 g/mol. The molecule has 1 heterocycles. The fourth-order valence-electron chi connectivity index (χ4n) is 1.99. The van der Waals surface area contributed by atoms with Crippen molar-refractivity contribution in [2.75, 3.05) is 0 Å². The molecule has 62 valence electrons. The molecule has 11 heavy (non-hydrogen) atoms. The molecule has 1 unspecified atom stereocenters. The van der Waals surface area contributed by atoms with Gasteiger partial charge < -0.3 is 4.74 Å². The van der Waals surface area contributed by atoms with Crippen molar-refractivity contribution in [3.63, 3.8) is 0 Å². The van der Waals surface area contributed by atoms with E-state index in [1.165, 1.54) is 12.8 Å². The van der Waals surface area contributed by atoms with E-state index in [9.17, 15) is 4.79 Å². The second-order valence-electron chi connectivity index (χ2n) is 3.34. The van der Waals surface area contributed by atoms with Gasteiger partial charge in [-0.1, -0.05) is 22.6 Å². The number of rotatable bonds is 0. The number of hydrogen-bond donors (Lipinski definition) is 0. The van der Waals surface area contributed by atoms with Crippen LogP contribution in [0.25, 0.3) is 0 Å². The van der Waals surface area contributed by atoms with Crippen molar-refractivity contribution < 1.29 is 9.53 Å². The lowest BCUT2D eigenvalue weighted by Crippen LogP contribution is -2.28. The maximum Gasteiger partial charge on any atom is 0.306 e. The van der Waals surface area contributed by atoms with Crippen LogP contribution in [0.15, 0.2) is 0 Å². The number of fused-ring (bicyclic) bond motifs is 1. The van der Waals surface area contributed by atoms with Crippen LogP contribution in [0.5, 0.6) is 0 Å². The van der Waals surface area contributed by atoms with Gasteiger partial charge in [0, 0.05) is 9.84 Å². The third kappa shape index (κ3) is 1.39. The molecule has 3 heteroatoms. The molecule has 1 saturated heterocycles. The normalized spacial score (nSPS) is 43.4. The molecule has 3 atom stereocenters.